The zero-order valence-electron chi connectivity index (χ0n) is 14.7. The van der Waals surface area contributed by atoms with Crippen molar-refractivity contribution in [1.29, 1.82) is 0 Å². The number of methoxy groups -OCH3 is 1. The van der Waals surface area contributed by atoms with Gasteiger partial charge in [0.25, 0.3) is 0 Å². The highest BCUT2D eigenvalue weighted by molar-refractivity contribution is 6.30. The van der Waals surface area contributed by atoms with Gasteiger partial charge in [0.15, 0.2) is 0 Å². The first-order chi connectivity index (χ1) is 12.5. The van der Waals surface area contributed by atoms with Crippen molar-refractivity contribution in [2.24, 2.45) is 0 Å². The molecule has 0 aromatic carbocycles. The van der Waals surface area contributed by atoms with Crippen LogP contribution in [0.2, 0.25) is 5.02 Å². The van der Waals surface area contributed by atoms with Gasteiger partial charge in [-0.2, -0.15) is 4.39 Å². The topological polar surface area (TPSA) is 81.7 Å². The molecule has 1 aromatic rings. The fraction of sp³-hybridized carbons (Fsp3) is 0.529. The Labute approximate surface area is 156 Å². The average molecular weight is 388 g/mol. The molecule has 2 rings (SSSR count). The van der Waals surface area contributed by atoms with Gasteiger partial charge in [-0.15, -0.1) is 0 Å². The van der Waals surface area contributed by atoms with Crippen molar-refractivity contribution in [2.45, 2.75) is 44.4 Å². The van der Waals surface area contributed by atoms with E-state index in [0.717, 1.165) is 18.9 Å². The van der Waals surface area contributed by atoms with E-state index in [1.165, 1.54) is 19.6 Å². The molecule has 3 unspecified atom stereocenters. The zero-order chi connectivity index (χ0) is 19.0. The van der Waals surface area contributed by atoms with E-state index in [1.807, 2.05) is 6.92 Å². The highest BCUT2D eigenvalue weighted by Crippen LogP contribution is 2.32. The summed E-state index contributed by atoms with van der Waals surface area (Å²) in [5.41, 5.74) is 0. The standard InChI is InChI=1S/C17H23ClFN3O4/c1-3-4-8-25-9-7-17(19,24-2)26-14-10-13(14)21-16(23)22-15-6-5-12(18)11-20-15/h5-7,9,11,13-14H,3-4,8,10H2,1-2H3,(H2,20,21,22,23)/b9-7-. The maximum absolute atomic E-state index is 14.5. The number of pyridine rings is 1. The van der Waals surface area contributed by atoms with Gasteiger partial charge in [-0.25, -0.2) is 9.78 Å². The van der Waals surface area contributed by atoms with E-state index in [4.69, 9.17) is 25.8 Å². The third-order valence-corrected chi connectivity index (χ3v) is 3.81. The summed E-state index contributed by atoms with van der Waals surface area (Å²) in [5, 5.41) is 5.70. The van der Waals surface area contributed by atoms with Crippen LogP contribution in [-0.4, -0.2) is 42.9 Å². The number of rotatable bonds is 10. The number of ether oxygens (including phenoxy) is 3. The van der Waals surface area contributed by atoms with E-state index in [-0.39, 0.29) is 6.04 Å². The molecule has 0 aliphatic heterocycles. The maximum atomic E-state index is 14.5. The smallest absolute Gasteiger partial charge is 0.344 e. The van der Waals surface area contributed by atoms with Crippen LogP contribution in [0.1, 0.15) is 26.2 Å². The number of hydrogen-bond donors (Lipinski definition) is 2. The van der Waals surface area contributed by atoms with Gasteiger partial charge in [0.2, 0.25) is 0 Å². The maximum Gasteiger partial charge on any atom is 0.344 e. The average Bonchev–Trinajstić information content (AvgIpc) is 3.33. The zero-order valence-corrected chi connectivity index (χ0v) is 15.5. The fourth-order valence-corrected chi connectivity index (χ4v) is 2.12. The summed E-state index contributed by atoms with van der Waals surface area (Å²) in [7, 11) is 1.19. The van der Waals surface area contributed by atoms with Crippen molar-refractivity contribution in [3.05, 3.63) is 35.7 Å². The van der Waals surface area contributed by atoms with Crippen LogP contribution < -0.4 is 10.6 Å². The molecule has 1 fully saturated rings. The number of anilines is 1. The minimum atomic E-state index is -2.40. The van der Waals surface area contributed by atoms with Crippen LogP contribution in [0.5, 0.6) is 0 Å². The Bertz CT molecular complexity index is 617. The van der Waals surface area contributed by atoms with Gasteiger partial charge in [0.1, 0.15) is 5.82 Å². The summed E-state index contributed by atoms with van der Waals surface area (Å²) in [4.78, 5) is 15.8. The predicted molar refractivity (Wildman–Crippen MR) is 95.5 cm³/mol. The van der Waals surface area contributed by atoms with Crippen LogP contribution in [0.15, 0.2) is 30.7 Å². The fourth-order valence-electron chi connectivity index (χ4n) is 2.01. The van der Waals surface area contributed by atoms with Gasteiger partial charge in [0.05, 0.1) is 30.0 Å². The lowest BCUT2D eigenvalue weighted by atomic mass is 10.4. The van der Waals surface area contributed by atoms with E-state index in [0.29, 0.717) is 23.9 Å². The lowest BCUT2D eigenvalue weighted by Gasteiger charge is -2.20. The van der Waals surface area contributed by atoms with E-state index < -0.39 is 18.2 Å². The van der Waals surface area contributed by atoms with E-state index in [9.17, 15) is 9.18 Å². The van der Waals surface area contributed by atoms with Crippen molar-refractivity contribution in [3.8, 4) is 0 Å². The number of halogens is 2. The Morgan fingerprint density at radius 1 is 1.54 bits per heavy atom. The first kappa shape index (κ1) is 20.4. The van der Waals surface area contributed by atoms with Crippen LogP contribution >= 0.6 is 11.6 Å². The molecule has 1 aliphatic rings. The normalized spacial score (nSPS) is 21.2. The monoisotopic (exact) mass is 387 g/mol. The third kappa shape index (κ3) is 6.78. The van der Waals surface area contributed by atoms with Gasteiger partial charge in [-0.1, -0.05) is 24.9 Å². The molecule has 1 aliphatic carbocycles. The molecule has 0 saturated heterocycles. The number of aromatic nitrogens is 1. The second-order valence-corrected chi connectivity index (χ2v) is 6.21. The van der Waals surface area contributed by atoms with Crippen LogP contribution in [0.4, 0.5) is 15.0 Å². The summed E-state index contributed by atoms with van der Waals surface area (Å²) in [6.07, 6.45) is 5.55. The van der Waals surface area contributed by atoms with Crippen molar-refractivity contribution >= 4 is 23.4 Å². The highest BCUT2D eigenvalue weighted by atomic mass is 35.5. The number of alkyl halides is 1. The molecule has 144 valence electrons. The molecular formula is C17H23ClFN3O4. The summed E-state index contributed by atoms with van der Waals surface area (Å²) in [6.45, 7) is 2.53. The minimum absolute atomic E-state index is 0.318. The molecule has 3 atom stereocenters. The largest absolute Gasteiger partial charge is 0.501 e. The molecule has 7 nitrogen and oxygen atoms in total. The van der Waals surface area contributed by atoms with Gasteiger partial charge < -0.3 is 19.5 Å². The Kier molecular flexibility index (Phi) is 7.62. The van der Waals surface area contributed by atoms with Crippen LogP contribution in [0.3, 0.4) is 0 Å². The van der Waals surface area contributed by atoms with Crippen molar-refractivity contribution in [3.63, 3.8) is 0 Å². The van der Waals surface area contributed by atoms with Gasteiger partial charge in [0, 0.05) is 19.4 Å². The number of urea groups is 1. The number of amides is 2. The lowest BCUT2D eigenvalue weighted by molar-refractivity contribution is -0.277. The second kappa shape index (κ2) is 9.70. The number of unbranched alkanes of at least 4 members (excludes halogenated alkanes) is 1. The molecule has 1 heterocycles. The predicted octanol–water partition coefficient (Wildman–Crippen LogP) is 3.61. The SMILES string of the molecule is CCCCO/C=C\C(F)(OC)OC1CC1NC(=O)Nc1ccc(Cl)cn1. The summed E-state index contributed by atoms with van der Waals surface area (Å²) in [5.74, 6) is 0.355. The lowest BCUT2D eigenvalue weighted by Crippen LogP contribution is -2.35. The van der Waals surface area contributed by atoms with Crippen molar-refractivity contribution in [1.82, 2.24) is 10.3 Å². The number of nitrogens with one attached hydrogen (secondary N) is 2. The Morgan fingerprint density at radius 3 is 3.00 bits per heavy atom. The quantitative estimate of drug-likeness (QED) is 0.364. The first-order valence-corrected chi connectivity index (χ1v) is 8.74. The molecule has 9 heteroatoms. The van der Waals surface area contributed by atoms with Gasteiger partial charge in [-0.3, -0.25) is 5.32 Å². The molecule has 2 amide bonds. The Hall–Kier alpha value is -1.90. The van der Waals surface area contributed by atoms with Crippen molar-refractivity contribution < 1.29 is 23.4 Å². The summed E-state index contributed by atoms with van der Waals surface area (Å²) < 4.78 is 29.6. The van der Waals surface area contributed by atoms with E-state index in [1.54, 1.807) is 12.1 Å². The van der Waals surface area contributed by atoms with Gasteiger partial charge >= 0.3 is 12.1 Å². The van der Waals surface area contributed by atoms with Crippen molar-refractivity contribution in [2.75, 3.05) is 19.0 Å². The molecule has 0 bridgehead atoms. The van der Waals surface area contributed by atoms with Crippen LogP contribution in [0.25, 0.3) is 0 Å². The van der Waals surface area contributed by atoms with E-state index in [2.05, 4.69) is 15.6 Å². The second-order valence-electron chi connectivity index (χ2n) is 5.77. The molecule has 2 N–H and O–H groups in total. The Morgan fingerprint density at radius 2 is 2.35 bits per heavy atom. The molecule has 0 spiro atoms. The number of carbonyl (C=O) groups is 1. The number of hydrogen-bond acceptors (Lipinski definition) is 5. The van der Waals surface area contributed by atoms with E-state index >= 15 is 0 Å². The third-order valence-electron chi connectivity index (χ3n) is 3.59. The number of nitrogens with zero attached hydrogens (tertiary/aromatic N) is 1. The van der Waals surface area contributed by atoms with Crippen LogP contribution in [-0.2, 0) is 14.2 Å². The molecule has 0 radical (unpaired) electrons. The summed E-state index contributed by atoms with van der Waals surface area (Å²) >= 11 is 5.73. The van der Waals surface area contributed by atoms with Crippen LogP contribution in [0, 0.1) is 0 Å². The Balaban J connectivity index is 1.74. The minimum Gasteiger partial charge on any atom is -0.501 e. The molecule has 26 heavy (non-hydrogen) atoms. The van der Waals surface area contributed by atoms with Gasteiger partial charge in [-0.05, 0) is 25.0 Å². The molecule has 1 aromatic heterocycles. The highest BCUT2D eigenvalue weighted by Gasteiger charge is 2.46. The molecule has 1 saturated carbocycles. The molecular weight excluding hydrogens is 365 g/mol. The summed E-state index contributed by atoms with van der Waals surface area (Å²) in [6, 6.07) is 0.00166. The number of carbonyl (C=O) groups excluding carboxylic acids is 1. The first-order valence-electron chi connectivity index (χ1n) is 8.36.